The molecule has 2 aromatic carbocycles. The quantitative estimate of drug-likeness (QED) is 0.626. The standard InChI is InChI=1S/C17H19N3O4/c1-11-7-8-16(24-3)15(9-11)18-12(2)17(21)19-13-5-4-6-14(10-13)20(22)23/h4-10,12,18H,1-3H3,(H,19,21). The summed E-state index contributed by atoms with van der Waals surface area (Å²) in [6.07, 6.45) is 0. The molecule has 0 spiro atoms. The van der Waals surface area contributed by atoms with Gasteiger partial charge in [0.25, 0.3) is 5.69 Å². The molecule has 0 heterocycles. The molecule has 0 aliphatic carbocycles. The van der Waals surface area contributed by atoms with Crippen molar-refractivity contribution in [2.75, 3.05) is 17.7 Å². The van der Waals surface area contributed by atoms with Crippen molar-refractivity contribution in [3.63, 3.8) is 0 Å². The van der Waals surface area contributed by atoms with Gasteiger partial charge in [-0.25, -0.2) is 0 Å². The zero-order chi connectivity index (χ0) is 17.7. The summed E-state index contributed by atoms with van der Waals surface area (Å²) in [7, 11) is 1.56. The SMILES string of the molecule is COc1ccc(C)cc1NC(C)C(=O)Nc1cccc([N+](=O)[O-])c1. The van der Waals surface area contributed by atoms with Crippen molar-refractivity contribution < 1.29 is 14.5 Å². The number of ether oxygens (including phenoxy) is 1. The molecular formula is C17H19N3O4. The first-order valence-electron chi connectivity index (χ1n) is 7.37. The molecule has 0 bridgehead atoms. The number of nitro groups is 1. The van der Waals surface area contributed by atoms with Gasteiger partial charge in [-0.15, -0.1) is 0 Å². The summed E-state index contributed by atoms with van der Waals surface area (Å²) in [5.41, 5.74) is 2.04. The van der Waals surface area contributed by atoms with Gasteiger partial charge in [0, 0.05) is 17.8 Å². The number of hydrogen-bond acceptors (Lipinski definition) is 5. The maximum absolute atomic E-state index is 12.3. The van der Waals surface area contributed by atoms with Crippen molar-refractivity contribution in [2.45, 2.75) is 19.9 Å². The largest absolute Gasteiger partial charge is 0.495 e. The smallest absolute Gasteiger partial charge is 0.271 e. The summed E-state index contributed by atoms with van der Waals surface area (Å²) in [5, 5.41) is 16.5. The molecule has 24 heavy (non-hydrogen) atoms. The van der Waals surface area contributed by atoms with Gasteiger partial charge in [0.2, 0.25) is 5.91 Å². The minimum atomic E-state index is -0.556. The first kappa shape index (κ1) is 17.3. The minimum Gasteiger partial charge on any atom is -0.495 e. The Morgan fingerprint density at radius 3 is 2.67 bits per heavy atom. The third-order valence-electron chi connectivity index (χ3n) is 3.44. The second kappa shape index (κ2) is 7.45. The van der Waals surface area contributed by atoms with E-state index in [2.05, 4.69) is 10.6 Å². The summed E-state index contributed by atoms with van der Waals surface area (Å²) in [6, 6.07) is 10.9. The highest BCUT2D eigenvalue weighted by atomic mass is 16.6. The number of non-ortho nitro benzene ring substituents is 1. The fourth-order valence-corrected chi connectivity index (χ4v) is 2.18. The Morgan fingerprint density at radius 2 is 2.00 bits per heavy atom. The number of nitrogens with one attached hydrogen (secondary N) is 2. The van der Waals surface area contributed by atoms with Gasteiger partial charge in [0.15, 0.2) is 0 Å². The highest BCUT2D eigenvalue weighted by Gasteiger charge is 2.16. The molecule has 1 atom stereocenters. The van der Waals surface area contributed by atoms with E-state index in [-0.39, 0.29) is 11.6 Å². The van der Waals surface area contributed by atoms with E-state index in [4.69, 9.17) is 4.74 Å². The number of nitrogens with zero attached hydrogens (tertiary/aromatic N) is 1. The second-order valence-corrected chi connectivity index (χ2v) is 5.37. The van der Waals surface area contributed by atoms with Crippen LogP contribution in [0.25, 0.3) is 0 Å². The van der Waals surface area contributed by atoms with Gasteiger partial charge in [-0.3, -0.25) is 14.9 Å². The maximum Gasteiger partial charge on any atom is 0.271 e. The molecule has 0 aromatic heterocycles. The zero-order valence-corrected chi connectivity index (χ0v) is 13.7. The topological polar surface area (TPSA) is 93.5 Å². The Labute approximate surface area is 139 Å². The number of nitro benzene ring substituents is 1. The summed E-state index contributed by atoms with van der Waals surface area (Å²) in [5.74, 6) is 0.328. The summed E-state index contributed by atoms with van der Waals surface area (Å²) in [6.45, 7) is 3.65. The number of anilines is 2. The van der Waals surface area contributed by atoms with Gasteiger partial charge in [0.1, 0.15) is 11.8 Å². The number of aryl methyl sites for hydroxylation is 1. The van der Waals surface area contributed by atoms with Crippen LogP contribution in [0.3, 0.4) is 0 Å². The lowest BCUT2D eigenvalue weighted by Gasteiger charge is -2.18. The maximum atomic E-state index is 12.3. The molecule has 0 aliphatic heterocycles. The highest BCUT2D eigenvalue weighted by molar-refractivity contribution is 5.96. The number of rotatable bonds is 6. The number of benzene rings is 2. The monoisotopic (exact) mass is 329 g/mol. The molecular weight excluding hydrogens is 310 g/mol. The predicted octanol–water partition coefficient (Wildman–Crippen LogP) is 3.35. The third kappa shape index (κ3) is 4.22. The Morgan fingerprint density at radius 1 is 1.25 bits per heavy atom. The first-order chi connectivity index (χ1) is 11.4. The van der Waals surface area contributed by atoms with E-state index >= 15 is 0 Å². The Balaban J connectivity index is 2.09. The van der Waals surface area contributed by atoms with Crippen molar-refractivity contribution in [2.24, 2.45) is 0 Å². The molecule has 0 fully saturated rings. The van der Waals surface area contributed by atoms with Crippen LogP contribution in [0.2, 0.25) is 0 Å². The Hall–Kier alpha value is -3.09. The molecule has 0 saturated carbocycles. The third-order valence-corrected chi connectivity index (χ3v) is 3.44. The Bertz CT molecular complexity index is 761. The number of methoxy groups -OCH3 is 1. The molecule has 2 rings (SSSR count). The van der Waals surface area contributed by atoms with Crippen molar-refractivity contribution >= 4 is 23.0 Å². The lowest BCUT2D eigenvalue weighted by atomic mass is 10.2. The van der Waals surface area contributed by atoms with Crippen LogP contribution in [0.1, 0.15) is 12.5 Å². The molecule has 0 aliphatic rings. The van der Waals surface area contributed by atoms with Crippen LogP contribution in [-0.4, -0.2) is 24.0 Å². The van der Waals surface area contributed by atoms with Crippen LogP contribution < -0.4 is 15.4 Å². The van der Waals surface area contributed by atoms with Crippen molar-refractivity contribution in [1.82, 2.24) is 0 Å². The predicted molar refractivity (Wildman–Crippen MR) is 92.5 cm³/mol. The van der Waals surface area contributed by atoms with Gasteiger partial charge in [-0.05, 0) is 37.6 Å². The van der Waals surface area contributed by atoms with Crippen molar-refractivity contribution in [1.29, 1.82) is 0 Å². The number of hydrogen-bond donors (Lipinski definition) is 2. The van der Waals surface area contributed by atoms with Gasteiger partial charge in [-0.2, -0.15) is 0 Å². The van der Waals surface area contributed by atoms with Gasteiger partial charge < -0.3 is 15.4 Å². The first-order valence-corrected chi connectivity index (χ1v) is 7.37. The van der Waals surface area contributed by atoms with Gasteiger partial charge in [0.05, 0.1) is 17.7 Å². The van der Waals surface area contributed by atoms with Gasteiger partial charge in [-0.1, -0.05) is 12.1 Å². The number of amides is 1. The van der Waals surface area contributed by atoms with Crippen LogP contribution in [0.4, 0.5) is 17.1 Å². The lowest BCUT2D eigenvalue weighted by Crippen LogP contribution is -2.32. The molecule has 2 N–H and O–H groups in total. The van der Waals surface area contributed by atoms with E-state index < -0.39 is 11.0 Å². The molecule has 0 saturated heterocycles. The van der Waals surface area contributed by atoms with E-state index in [0.717, 1.165) is 5.56 Å². The summed E-state index contributed by atoms with van der Waals surface area (Å²) in [4.78, 5) is 22.6. The molecule has 2 aromatic rings. The van der Waals surface area contributed by atoms with Gasteiger partial charge >= 0.3 is 0 Å². The van der Waals surface area contributed by atoms with Crippen LogP contribution >= 0.6 is 0 Å². The highest BCUT2D eigenvalue weighted by Crippen LogP contribution is 2.26. The number of carbonyl (C=O) groups is 1. The van der Waals surface area contributed by atoms with Crippen LogP contribution in [-0.2, 0) is 4.79 Å². The number of carbonyl (C=O) groups excluding carboxylic acids is 1. The minimum absolute atomic E-state index is 0.0752. The average molecular weight is 329 g/mol. The Kier molecular flexibility index (Phi) is 5.36. The molecule has 0 radical (unpaired) electrons. The molecule has 7 nitrogen and oxygen atoms in total. The molecule has 126 valence electrons. The van der Waals surface area contributed by atoms with Crippen molar-refractivity contribution in [3.8, 4) is 5.75 Å². The van der Waals surface area contributed by atoms with E-state index in [1.54, 1.807) is 20.1 Å². The van der Waals surface area contributed by atoms with E-state index in [1.165, 1.54) is 18.2 Å². The fraction of sp³-hybridized carbons (Fsp3) is 0.235. The zero-order valence-electron chi connectivity index (χ0n) is 13.7. The summed E-state index contributed by atoms with van der Waals surface area (Å²) < 4.78 is 5.27. The lowest BCUT2D eigenvalue weighted by molar-refractivity contribution is -0.384. The molecule has 1 unspecified atom stereocenters. The van der Waals surface area contributed by atoms with Crippen LogP contribution in [0.15, 0.2) is 42.5 Å². The van der Waals surface area contributed by atoms with Crippen LogP contribution in [0.5, 0.6) is 5.75 Å². The van der Waals surface area contributed by atoms with Crippen LogP contribution in [0, 0.1) is 17.0 Å². The van der Waals surface area contributed by atoms with Crippen molar-refractivity contribution in [3.05, 3.63) is 58.1 Å². The van der Waals surface area contributed by atoms with E-state index in [9.17, 15) is 14.9 Å². The van der Waals surface area contributed by atoms with E-state index in [1.807, 2.05) is 25.1 Å². The van der Waals surface area contributed by atoms with E-state index in [0.29, 0.717) is 17.1 Å². The molecule has 1 amide bonds. The summed E-state index contributed by atoms with van der Waals surface area (Å²) >= 11 is 0. The molecule has 7 heteroatoms. The fourth-order valence-electron chi connectivity index (χ4n) is 2.18. The second-order valence-electron chi connectivity index (χ2n) is 5.37. The average Bonchev–Trinajstić information content (AvgIpc) is 2.55. The normalized spacial score (nSPS) is 11.5.